The Morgan fingerprint density at radius 1 is 1.38 bits per heavy atom. The number of hydrogen-bond acceptors (Lipinski definition) is 2. The maximum absolute atomic E-state index is 5.91. The summed E-state index contributed by atoms with van der Waals surface area (Å²) in [4.78, 5) is 4.73. The number of nitrogens with zero attached hydrogens (tertiary/aromatic N) is 1. The molecule has 0 N–H and O–H groups in total. The average Bonchev–Trinajstić information content (AvgIpc) is 2.46. The number of fused-ring (bicyclic) bond motifs is 2. The summed E-state index contributed by atoms with van der Waals surface area (Å²) in [5, 5.41) is 1.24. The minimum atomic E-state index is -0.0262. The number of aromatic nitrogens is 1. The molecular formula is C19H23NO. The highest BCUT2D eigenvalue weighted by atomic mass is 16.5. The Morgan fingerprint density at radius 2 is 2.14 bits per heavy atom. The lowest BCUT2D eigenvalue weighted by Gasteiger charge is -2.25. The van der Waals surface area contributed by atoms with E-state index in [0.717, 1.165) is 24.2 Å². The molecule has 0 amide bonds. The predicted octanol–water partition coefficient (Wildman–Crippen LogP) is 4.72. The van der Waals surface area contributed by atoms with Gasteiger partial charge in [0.05, 0.1) is 11.6 Å². The lowest BCUT2D eigenvalue weighted by molar-refractivity contribution is 0.184. The highest BCUT2D eigenvalue weighted by Gasteiger charge is 2.22. The standard InChI is InChI=1S/C19H23NO/c1-6-19(4,5)14-8-10-17-16(11-14)13(3)15-9-7-12(2)21-18(15)20-17/h6,8,10-12H,1,7,9H2,2-5H3. The van der Waals surface area contributed by atoms with E-state index in [9.17, 15) is 0 Å². The highest BCUT2D eigenvalue weighted by Crippen LogP contribution is 2.35. The number of benzene rings is 1. The van der Waals surface area contributed by atoms with Crippen LogP contribution in [0.1, 0.15) is 43.9 Å². The van der Waals surface area contributed by atoms with Gasteiger partial charge in [0.2, 0.25) is 5.88 Å². The molecule has 2 heterocycles. The summed E-state index contributed by atoms with van der Waals surface area (Å²) in [7, 11) is 0. The van der Waals surface area contributed by atoms with Crippen LogP contribution in [0, 0.1) is 6.92 Å². The molecule has 0 radical (unpaired) electrons. The molecule has 0 saturated heterocycles. The van der Waals surface area contributed by atoms with Crippen molar-refractivity contribution in [2.45, 2.75) is 52.1 Å². The third-order valence-corrected chi connectivity index (χ3v) is 4.70. The lowest BCUT2D eigenvalue weighted by Crippen LogP contribution is -2.21. The second-order valence-electron chi connectivity index (χ2n) is 6.65. The Hall–Kier alpha value is -1.83. The van der Waals surface area contributed by atoms with Crippen LogP contribution < -0.4 is 4.74 Å². The first-order valence-electron chi connectivity index (χ1n) is 7.66. The topological polar surface area (TPSA) is 22.1 Å². The van der Waals surface area contributed by atoms with Crippen molar-refractivity contribution in [1.82, 2.24) is 4.98 Å². The van der Waals surface area contributed by atoms with Crippen molar-refractivity contribution >= 4 is 10.9 Å². The number of allylic oxidation sites excluding steroid dienone is 1. The van der Waals surface area contributed by atoms with Gasteiger partial charge in [-0.2, -0.15) is 0 Å². The van der Waals surface area contributed by atoms with E-state index >= 15 is 0 Å². The first-order valence-corrected chi connectivity index (χ1v) is 7.66. The quantitative estimate of drug-likeness (QED) is 0.743. The van der Waals surface area contributed by atoms with Gasteiger partial charge in [-0.3, -0.25) is 0 Å². The van der Waals surface area contributed by atoms with E-state index in [1.807, 2.05) is 6.08 Å². The summed E-state index contributed by atoms with van der Waals surface area (Å²) in [6.45, 7) is 12.6. The molecule has 1 aromatic heterocycles. The molecule has 1 aliphatic heterocycles. The van der Waals surface area contributed by atoms with Gasteiger partial charge in [-0.1, -0.05) is 26.0 Å². The molecule has 1 aromatic carbocycles. The molecule has 21 heavy (non-hydrogen) atoms. The van der Waals surface area contributed by atoms with Crippen LogP contribution in [0.5, 0.6) is 5.88 Å². The van der Waals surface area contributed by atoms with Crippen LogP contribution in [-0.2, 0) is 11.8 Å². The van der Waals surface area contributed by atoms with Gasteiger partial charge in [0, 0.05) is 16.4 Å². The van der Waals surface area contributed by atoms with Crippen molar-refractivity contribution in [3.8, 4) is 5.88 Å². The summed E-state index contributed by atoms with van der Waals surface area (Å²) in [6, 6.07) is 6.51. The minimum Gasteiger partial charge on any atom is -0.474 e. The van der Waals surface area contributed by atoms with Crippen molar-refractivity contribution in [3.63, 3.8) is 0 Å². The molecule has 0 fully saturated rings. The van der Waals surface area contributed by atoms with Crippen molar-refractivity contribution in [2.75, 3.05) is 0 Å². The zero-order valence-electron chi connectivity index (χ0n) is 13.4. The SMILES string of the molecule is C=CC(C)(C)c1ccc2nc3c(c(C)c2c1)CCC(C)O3. The van der Waals surface area contributed by atoms with Gasteiger partial charge in [-0.15, -0.1) is 6.58 Å². The van der Waals surface area contributed by atoms with E-state index in [1.165, 1.54) is 22.1 Å². The van der Waals surface area contributed by atoms with Gasteiger partial charge in [-0.25, -0.2) is 4.98 Å². The van der Waals surface area contributed by atoms with Crippen LogP contribution in [-0.4, -0.2) is 11.1 Å². The molecule has 3 rings (SSSR count). The number of ether oxygens (including phenoxy) is 1. The maximum atomic E-state index is 5.91. The Kier molecular flexibility index (Phi) is 3.27. The molecule has 2 nitrogen and oxygen atoms in total. The van der Waals surface area contributed by atoms with E-state index in [1.54, 1.807) is 0 Å². The van der Waals surface area contributed by atoms with Gasteiger partial charge < -0.3 is 4.74 Å². The monoisotopic (exact) mass is 281 g/mol. The van der Waals surface area contributed by atoms with Crippen molar-refractivity contribution < 1.29 is 4.74 Å². The number of hydrogen-bond donors (Lipinski definition) is 0. The number of pyridine rings is 1. The smallest absolute Gasteiger partial charge is 0.217 e. The second kappa shape index (κ2) is 4.87. The fourth-order valence-electron chi connectivity index (χ4n) is 2.94. The molecule has 0 bridgehead atoms. The van der Waals surface area contributed by atoms with Crippen molar-refractivity contribution in [1.29, 1.82) is 0 Å². The zero-order chi connectivity index (χ0) is 15.2. The molecule has 0 saturated carbocycles. The van der Waals surface area contributed by atoms with Crippen molar-refractivity contribution in [3.05, 3.63) is 47.5 Å². The van der Waals surface area contributed by atoms with Crippen LogP contribution in [0.3, 0.4) is 0 Å². The maximum Gasteiger partial charge on any atom is 0.217 e. The van der Waals surface area contributed by atoms with Gasteiger partial charge in [0.25, 0.3) is 0 Å². The fraction of sp³-hybridized carbons (Fsp3) is 0.421. The van der Waals surface area contributed by atoms with Gasteiger partial charge >= 0.3 is 0 Å². The normalized spacial score (nSPS) is 18.2. The van der Waals surface area contributed by atoms with E-state index < -0.39 is 0 Å². The molecule has 0 spiro atoms. The summed E-state index contributed by atoms with van der Waals surface area (Å²) in [5.74, 6) is 0.828. The highest BCUT2D eigenvalue weighted by molar-refractivity contribution is 5.85. The summed E-state index contributed by atoms with van der Waals surface area (Å²) >= 11 is 0. The summed E-state index contributed by atoms with van der Waals surface area (Å²) in [5.41, 5.74) is 4.85. The molecular weight excluding hydrogens is 258 g/mol. The first kappa shape index (κ1) is 14.1. The van der Waals surface area contributed by atoms with Crippen LogP contribution in [0.25, 0.3) is 10.9 Å². The molecule has 1 unspecified atom stereocenters. The molecule has 1 atom stereocenters. The summed E-state index contributed by atoms with van der Waals surface area (Å²) < 4.78 is 5.91. The number of rotatable bonds is 2. The van der Waals surface area contributed by atoms with E-state index in [4.69, 9.17) is 9.72 Å². The second-order valence-corrected chi connectivity index (χ2v) is 6.65. The third-order valence-electron chi connectivity index (χ3n) is 4.70. The number of aryl methyl sites for hydroxylation is 1. The Balaban J connectivity index is 2.21. The molecule has 2 aromatic rings. The molecule has 0 aliphatic carbocycles. The van der Waals surface area contributed by atoms with Gasteiger partial charge in [0.15, 0.2) is 0 Å². The Morgan fingerprint density at radius 3 is 2.86 bits per heavy atom. The predicted molar refractivity (Wildman–Crippen MR) is 88.1 cm³/mol. The van der Waals surface area contributed by atoms with E-state index in [-0.39, 0.29) is 11.5 Å². The van der Waals surface area contributed by atoms with Crippen molar-refractivity contribution in [2.24, 2.45) is 0 Å². The van der Waals surface area contributed by atoms with Crippen LogP contribution in [0.15, 0.2) is 30.9 Å². The summed E-state index contributed by atoms with van der Waals surface area (Å²) in [6.07, 6.45) is 4.39. The molecule has 1 aliphatic rings. The van der Waals surface area contributed by atoms with E-state index in [0.29, 0.717) is 0 Å². The largest absolute Gasteiger partial charge is 0.474 e. The van der Waals surface area contributed by atoms with Gasteiger partial charge in [0.1, 0.15) is 0 Å². The van der Waals surface area contributed by atoms with Crippen LogP contribution >= 0.6 is 0 Å². The zero-order valence-corrected chi connectivity index (χ0v) is 13.4. The third kappa shape index (κ3) is 2.33. The minimum absolute atomic E-state index is 0.0262. The van der Waals surface area contributed by atoms with Crippen LogP contribution in [0.4, 0.5) is 0 Å². The molecule has 110 valence electrons. The Bertz CT molecular complexity index is 715. The van der Waals surface area contributed by atoms with E-state index in [2.05, 4.69) is 52.5 Å². The Labute approximate surface area is 126 Å². The fourth-order valence-corrected chi connectivity index (χ4v) is 2.94. The van der Waals surface area contributed by atoms with Gasteiger partial charge in [-0.05, 0) is 49.9 Å². The lowest BCUT2D eigenvalue weighted by atomic mass is 9.83. The first-order chi connectivity index (χ1) is 9.92. The molecule has 2 heteroatoms. The average molecular weight is 281 g/mol. The van der Waals surface area contributed by atoms with Crippen LogP contribution in [0.2, 0.25) is 0 Å².